The number of rotatable bonds is 5. The van der Waals surface area contributed by atoms with E-state index in [-0.39, 0.29) is 4.90 Å². The Labute approximate surface area is 218 Å². The standard InChI is InChI=1S/C29H33N5O2S/c1-19(2)34-25-11-12-26(34)18-32(17-25)24-9-5-21(6-10-24)23-15-20(3)29-30-28(31-33(29)16-23)22-7-13-27(14-8-22)37(4,35)36/h5-10,13-16,19,25-26H,11-12,17-18H2,1-4H3. The molecule has 4 aromatic rings. The average Bonchev–Trinajstić information content (AvgIpc) is 3.42. The molecule has 8 heteroatoms. The number of benzene rings is 2. The zero-order valence-corrected chi connectivity index (χ0v) is 22.6. The highest BCUT2D eigenvalue weighted by atomic mass is 32.2. The van der Waals surface area contributed by atoms with E-state index in [1.54, 1.807) is 24.3 Å². The number of pyridine rings is 1. The van der Waals surface area contributed by atoms with Crippen molar-refractivity contribution in [2.45, 2.75) is 56.6 Å². The topological polar surface area (TPSA) is 70.8 Å². The van der Waals surface area contributed by atoms with Crippen molar-refractivity contribution in [2.24, 2.45) is 0 Å². The Balaban J connectivity index is 1.25. The van der Waals surface area contributed by atoms with E-state index in [0.29, 0.717) is 23.9 Å². The molecule has 7 nitrogen and oxygen atoms in total. The van der Waals surface area contributed by atoms with E-state index in [9.17, 15) is 8.42 Å². The molecule has 0 N–H and O–H groups in total. The summed E-state index contributed by atoms with van der Waals surface area (Å²) < 4.78 is 25.4. The molecule has 0 saturated carbocycles. The van der Waals surface area contributed by atoms with E-state index in [1.165, 1.54) is 24.8 Å². The highest BCUT2D eigenvalue weighted by Crippen LogP contribution is 2.35. The highest BCUT2D eigenvalue weighted by molar-refractivity contribution is 7.90. The largest absolute Gasteiger partial charge is 0.368 e. The second kappa shape index (κ2) is 8.96. The molecule has 2 saturated heterocycles. The molecule has 2 aliphatic heterocycles. The molecule has 4 heterocycles. The Morgan fingerprint density at radius 2 is 1.51 bits per heavy atom. The molecule has 2 fully saturated rings. The minimum absolute atomic E-state index is 0.288. The minimum Gasteiger partial charge on any atom is -0.368 e. The van der Waals surface area contributed by atoms with Crippen molar-refractivity contribution >= 4 is 21.2 Å². The average molecular weight is 516 g/mol. The molecule has 0 amide bonds. The number of nitrogens with zero attached hydrogens (tertiary/aromatic N) is 5. The van der Waals surface area contributed by atoms with Crippen LogP contribution in [-0.4, -0.2) is 65.4 Å². The van der Waals surface area contributed by atoms with Gasteiger partial charge in [-0.25, -0.2) is 17.9 Å². The van der Waals surface area contributed by atoms with E-state index in [2.05, 4.69) is 54.0 Å². The van der Waals surface area contributed by atoms with Gasteiger partial charge in [-0.05, 0) is 87.2 Å². The normalized spacial score (nSPS) is 20.3. The van der Waals surface area contributed by atoms with Gasteiger partial charge in [0.25, 0.3) is 0 Å². The van der Waals surface area contributed by atoms with Gasteiger partial charge in [-0.2, -0.15) is 0 Å². The first-order valence-corrected chi connectivity index (χ1v) is 14.9. The van der Waals surface area contributed by atoms with Crippen molar-refractivity contribution in [3.8, 4) is 22.5 Å². The van der Waals surface area contributed by atoms with Crippen molar-refractivity contribution < 1.29 is 8.42 Å². The maximum absolute atomic E-state index is 11.8. The van der Waals surface area contributed by atoms with Crippen molar-refractivity contribution in [2.75, 3.05) is 24.2 Å². The van der Waals surface area contributed by atoms with Gasteiger partial charge in [0.15, 0.2) is 21.3 Å². The zero-order valence-electron chi connectivity index (χ0n) is 21.8. The molecule has 2 atom stereocenters. The van der Waals surface area contributed by atoms with Gasteiger partial charge >= 0.3 is 0 Å². The van der Waals surface area contributed by atoms with Crippen LogP contribution in [0.25, 0.3) is 28.2 Å². The Kier molecular flexibility index (Phi) is 5.84. The Morgan fingerprint density at radius 3 is 2.11 bits per heavy atom. The summed E-state index contributed by atoms with van der Waals surface area (Å²) in [5, 5.41) is 4.70. The summed E-state index contributed by atoms with van der Waals surface area (Å²) >= 11 is 0. The monoisotopic (exact) mass is 515 g/mol. The Bertz CT molecular complexity index is 1540. The third kappa shape index (κ3) is 4.42. The molecule has 6 rings (SSSR count). The second-order valence-electron chi connectivity index (χ2n) is 10.8. The molecular weight excluding hydrogens is 482 g/mol. The summed E-state index contributed by atoms with van der Waals surface area (Å²) in [6.45, 7) is 8.89. The van der Waals surface area contributed by atoms with Crippen LogP contribution in [0.5, 0.6) is 0 Å². The van der Waals surface area contributed by atoms with Crippen LogP contribution in [0, 0.1) is 6.92 Å². The molecule has 37 heavy (non-hydrogen) atoms. The summed E-state index contributed by atoms with van der Waals surface area (Å²) in [7, 11) is -3.24. The highest BCUT2D eigenvalue weighted by Gasteiger charge is 2.40. The van der Waals surface area contributed by atoms with E-state index in [1.807, 2.05) is 17.6 Å². The quantitative estimate of drug-likeness (QED) is 0.379. The smallest absolute Gasteiger partial charge is 0.182 e. The summed E-state index contributed by atoms with van der Waals surface area (Å²) in [5.74, 6) is 0.575. The SMILES string of the molecule is Cc1cc(-c2ccc(N3CC4CCC(C3)N4C(C)C)cc2)cn2nc(-c3ccc(S(C)(=O)=O)cc3)nc12. The van der Waals surface area contributed by atoms with Crippen molar-refractivity contribution in [1.29, 1.82) is 0 Å². The predicted molar refractivity (Wildman–Crippen MR) is 148 cm³/mol. The molecule has 2 aromatic heterocycles. The van der Waals surface area contributed by atoms with E-state index in [0.717, 1.165) is 41.0 Å². The van der Waals surface area contributed by atoms with Crippen molar-refractivity contribution in [3.63, 3.8) is 0 Å². The lowest BCUT2D eigenvalue weighted by Crippen LogP contribution is -2.56. The van der Waals surface area contributed by atoms with Crippen LogP contribution >= 0.6 is 0 Å². The summed E-state index contributed by atoms with van der Waals surface area (Å²) in [6, 6.07) is 19.7. The van der Waals surface area contributed by atoms with Gasteiger partial charge in [0, 0.05) is 60.5 Å². The first-order chi connectivity index (χ1) is 17.7. The minimum atomic E-state index is -3.24. The lowest BCUT2D eigenvalue weighted by molar-refractivity contribution is 0.129. The third-order valence-electron chi connectivity index (χ3n) is 7.86. The molecule has 0 spiro atoms. The fourth-order valence-electron chi connectivity index (χ4n) is 6.13. The Hall–Kier alpha value is -3.23. The van der Waals surface area contributed by atoms with Crippen LogP contribution in [0.2, 0.25) is 0 Å². The first-order valence-electron chi connectivity index (χ1n) is 13.0. The fourth-order valence-corrected chi connectivity index (χ4v) is 6.77. The van der Waals surface area contributed by atoms with Crippen LogP contribution in [0.15, 0.2) is 65.7 Å². The van der Waals surface area contributed by atoms with Gasteiger partial charge in [0.1, 0.15) is 0 Å². The van der Waals surface area contributed by atoms with Gasteiger partial charge in [-0.15, -0.1) is 5.10 Å². The maximum Gasteiger partial charge on any atom is 0.182 e. The maximum atomic E-state index is 11.8. The van der Waals surface area contributed by atoms with Crippen LogP contribution in [0.3, 0.4) is 0 Å². The number of anilines is 1. The number of aryl methyl sites for hydroxylation is 1. The lowest BCUT2D eigenvalue weighted by atomic mass is 10.0. The van der Waals surface area contributed by atoms with Gasteiger partial charge < -0.3 is 4.90 Å². The molecular formula is C29H33N5O2S. The summed E-state index contributed by atoms with van der Waals surface area (Å²) in [5.41, 5.74) is 6.14. The van der Waals surface area contributed by atoms with Crippen LogP contribution in [-0.2, 0) is 9.84 Å². The number of sulfone groups is 1. The van der Waals surface area contributed by atoms with Gasteiger partial charge in [-0.3, -0.25) is 4.90 Å². The van der Waals surface area contributed by atoms with E-state index < -0.39 is 9.84 Å². The molecule has 192 valence electrons. The van der Waals surface area contributed by atoms with Gasteiger partial charge in [-0.1, -0.05) is 12.1 Å². The predicted octanol–water partition coefficient (Wildman–Crippen LogP) is 4.84. The number of hydrogen-bond donors (Lipinski definition) is 0. The third-order valence-corrected chi connectivity index (χ3v) is 8.99. The number of fused-ring (bicyclic) bond motifs is 3. The van der Waals surface area contributed by atoms with E-state index in [4.69, 9.17) is 10.1 Å². The van der Waals surface area contributed by atoms with Crippen LogP contribution in [0.1, 0.15) is 32.3 Å². The van der Waals surface area contributed by atoms with Crippen molar-refractivity contribution in [1.82, 2.24) is 19.5 Å². The first kappa shape index (κ1) is 24.1. The van der Waals surface area contributed by atoms with Crippen LogP contribution in [0.4, 0.5) is 5.69 Å². The molecule has 2 aliphatic rings. The summed E-state index contributed by atoms with van der Waals surface area (Å²) in [6.07, 6.45) is 5.83. The molecule has 0 aliphatic carbocycles. The van der Waals surface area contributed by atoms with Crippen LogP contribution < -0.4 is 4.90 Å². The molecule has 2 unspecified atom stereocenters. The molecule has 2 bridgehead atoms. The second-order valence-corrected chi connectivity index (χ2v) is 12.8. The van der Waals surface area contributed by atoms with Crippen molar-refractivity contribution in [3.05, 3.63) is 66.4 Å². The zero-order chi connectivity index (χ0) is 25.9. The fraction of sp³-hybridized carbons (Fsp3) is 0.379. The van der Waals surface area contributed by atoms with Gasteiger partial charge in [0.2, 0.25) is 0 Å². The lowest BCUT2D eigenvalue weighted by Gasteiger charge is -2.44. The summed E-state index contributed by atoms with van der Waals surface area (Å²) in [4.78, 5) is 10.3. The van der Waals surface area contributed by atoms with Gasteiger partial charge in [0.05, 0.1) is 4.90 Å². The number of piperazine rings is 1. The molecule has 2 aromatic carbocycles. The number of aromatic nitrogens is 3. The number of hydrogen-bond acceptors (Lipinski definition) is 6. The molecule has 0 radical (unpaired) electrons. The Morgan fingerprint density at radius 1 is 0.892 bits per heavy atom. The van der Waals surface area contributed by atoms with E-state index >= 15 is 0 Å².